The molecule has 120 valence electrons. The molecule has 2 fully saturated rings. The van der Waals surface area contributed by atoms with E-state index in [1.165, 1.54) is 0 Å². The van der Waals surface area contributed by atoms with Crippen molar-refractivity contribution in [3.8, 4) is 0 Å². The number of amides is 2. The zero-order valence-electron chi connectivity index (χ0n) is 13.4. The number of carbonyl (C=O) groups excluding carboxylic acids is 2. The Morgan fingerprint density at radius 1 is 1.52 bits per heavy atom. The van der Waals surface area contributed by atoms with E-state index in [4.69, 9.17) is 0 Å². The van der Waals surface area contributed by atoms with E-state index in [0.717, 1.165) is 25.7 Å². The number of likely N-dealkylation sites (tertiary alicyclic amines) is 1. The topological polar surface area (TPSA) is 69.6 Å². The lowest BCUT2D eigenvalue weighted by atomic mass is 9.95. The summed E-state index contributed by atoms with van der Waals surface area (Å²) in [6, 6.07) is 0.202. The van der Waals surface area contributed by atoms with E-state index in [-0.39, 0.29) is 30.4 Å². The maximum absolute atomic E-state index is 12.4. The SMILES string of the molecule is CCCC(C)N1CC(C(=O)NC(C)(CO)C2CC2)CC1=O. The second-order valence-electron chi connectivity index (χ2n) is 6.92. The Morgan fingerprint density at radius 2 is 2.19 bits per heavy atom. The molecular weight excluding hydrogens is 268 g/mol. The minimum absolute atomic E-state index is 0.0416. The second kappa shape index (κ2) is 6.34. The third-order valence-corrected chi connectivity index (χ3v) is 4.98. The highest BCUT2D eigenvalue weighted by Gasteiger charge is 2.44. The molecule has 1 saturated heterocycles. The highest BCUT2D eigenvalue weighted by atomic mass is 16.3. The van der Waals surface area contributed by atoms with Gasteiger partial charge in [0.25, 0.3) is 0 Å². The number of aliphatic hydroxyl groups is 1. The van der Waals surface area contributed by atoms with Crippen LogP contribution >= 0.6 is 0 Å². The van der Waals surface area contributed by atoms with Crippen LogP contribution in [0.4, 0.5) is 0 Å². The molecule has 1 saturated carbocycles. The third kappa shape index (κ3) is 3.57. The van der Waals surface area contributed by atoms with Gasteiger partial charge in [-0.2, -0.15) is 0 Å². The quantitative estimate of drug-likeness (QED) is 0.744. The molecule has 1 aliphatic carbocycles. The van der Waals surface area contributed by atoms with Crippen LogP contribution in [0.3, 0.4) is 0 Å². The maximum atomic E-state index is 12.4. The molecule has 2 amide bonds. The van der Waals surface area contributed by atoms with Crippen LogP contribution in [0.25, 0.3) is 0 Å². The standard InChI is InChI=1S/C16H28N2O3/c1-4-5-11(2)18-9-12(8-14(18)20)15(21)17-16(3,10-19)13-6-7-13/h11-13,19H,4-10H2,1-3H3,(H,17,21). The van der Waals surface area contributed by atoms with E-state index < -0.39 is 5.54 Å². The molecule has 0 bridgehead atoms. The molecule has 3 unspecified atom stereocenters. The molecule has 0 radical (unpaired) electrons. The predicted molar refractivity (Wildman–Crippen MR) is 80.5 cm³/mol. The molecule has 0 aromatic heterocycles. The van der Waals surface area contributed by atoms with Crippen LogP contribution < -0.4 is 5.32 Å². The highest BCUT2D eigenvalue weighted by molar-refractivity contribution is 5.89. The summed E-state index contributed by atoms with van der Waals surface area (Å²) in [5, 5.41) is 12.5. The van der Waals surface area contributed by atoms with Crippen LogP contribution in [0.1, 0.15) is 52.9 Å². The summed E-state index contributed by atoms with van der Waals surface area (Å²) < 4.78 is 0. The smallest absolute Gasteiger partial charge is 0.225 e. The van der Waals surface area contributed by atoms with Crippen molar-refractivity contribution in [2.75, 3.05) is 13.2 Å². The first kappa shape index (κ1) is 16.3. The first-order valence-corrected chi connectivity index (χ1v) is 8.13. The first-order chi connectivity index (χ1) is 9.91. The highest BCUT2D eigenvalue weighted by Crippen LogP contribution is 2.39. The van der Waals surface area contributed by atoms with E-state index in [1.807, 2.05) is 18.7 Å². The second-order valence-corrected chi connectivity index (χ2v) is 6.92. The van der Waals surface area contributed by atoms with Crippen LogP contribution in [0.5, 0.6) is 0 Å². The molecule has 2 N–H and O–H groups in total. The summed E-state index contributed by atoms with van der Waals surface area (Å²) >= 11 is 0. The Morgan fingerprint density at radius 3 is 2.71 bits per heavy atom. The third-order valence-electron chi connectivity index (χ3n) is 4.98. The van der Waals surface area contributed by atoms with Gasteiger partial charge in [0.05, 0.1) is 18.1 Å². The average Bonchev–Trinajstić information content (AvgIpc) is 3.22. The van der Waals surface area contributed by atoms with Gasteiger partial charge in [-0.15, -0.1) is 0 Å². The predicted octanol–water partition coefficient (Wildman–Crippen LogP) is 1.30. The number of hydrogen-bond donors (Lipinski definition) is 2. The number of carbonyl (C=O) groups is 2. The summed E-state index contributed by atoms with van der Waals surface area (Å²) in [5.74, 6) is 0.0892. The number of nitrogens with zero attached hydrogens (tertiary/aromatic N) is 1. The van der Waals surface area contributed by atoms with Gasteiger partial charge in [-0.05, 0) is 39.0 Å². The van der Waals surface area contributed by atoms with Crippen molar-refractivity contribution in [3.05, 3.63) is 0 Å². The fraction of sp³-hybridized carbons (Fsp3) is 0.875. The van der Waals surface area contributed by atoms with Crippen LogP contribution in [0.15, 0.2) is 0 Å². The van der Waals surface area contributed by atoms with E-state index >= 15 is 0 Å². The van der Waals surface area contributed by atoms with E-state index in [2.05, 4.69) is 12.2 Å². The van der Waals surface area contributed by atoms with Gasteiger partial charge in [-0.3, -0.25) is 9.59 Å². The molecule has 0 aromatic carbocycles. The number of nitrogens with one attached hydrogen (secondary N) is 1. The van der Waals surface area contributed by atoms with Gasteiger partial charge in [0, 0.05) is 19.0 Å². The van der Waals surface area contributed by atoms with Crippen molar-refractivity contribution in [2.24, 2.45) is 11.8 Å². The van der Waals surface area contributed by atoms with Crippen LogP contribution in [0, 0.1) is 11.8 Å². The van der Waals surface area contributed by atoms with Crippen molar-refractivity contribution in [1.82, 2.24) is 10.2 Å². The van der Waals surface area contributed by atoms with Crippen LogP contribution in [-0.4, -0.2) is 46.6 Å². The first-order valence-electron chi connectivity index (χ1n) is 8.13. The molecule has 21 heavy (non-hydrogen) atoms. The van der Waals surface area contributed by atoms with E-state index in [1.54, 1.807) is 0 Å². The fourth-order valence-electron chi connectivity index (χ4n) is 3.28. The minimum Gasteiger partial charge on any atom is -0.394 e. The molecule has 2 aliphatic rings. The summed E-state index contributed by atoms with van der Waals surface area (Å²) in [6.45, 7) is 6.52. The Labute approximate surface area is 127 Å². The normalized spacial score (nSPS) is 26.6. The molecule has 0 spiro atoms. The number of hydrogen-bond acceptors (Lipinski definition) is 3. The van der Waals surface area contributed by atoms with Crippen LogP contribution in [0.2, 0.25) is 0 Å². The van der Waals surface area contributed by atoms with Gasteiger partial charge in [-0.25, -0.2) is 0 Å². The van der Waals surface area contributed by atoms with Crippen molar-refractivity contribution in [3.63, 3.8) is 0 Å². The minimum atomic E-state index is -0.525. The van der Waals surface area contributed by atoms with Gasteiger partial charge in [0.15, 0.2) is 0 Å². The summed E-state index contributed by atoms with van der Waals surface area (Å²) in [5.41, 5.74) is -0.525. The lowest BCUT2D eigenvalue weighted by Crippen LogP contribution is -2.53. The Hall–Kier alpha value is -1.10. The largest absolute Gasteiger partial charge is 0.394 e. The van der Waals surface area contributed by atoms with E-state index in [0.29, 0.717) is 18.9 Å². The van der Waals surface area contributed by atoms with Gasteiger partial charge in [-0.1, -0.05) is 13.3 Å². The van der Waals surface area contributed by atoms with Crippen molar-refractivity contribution >= 4 is 11.8 Å². The Bertz CT molecular complexity index is 408. The van der Waals surface area contributed by atoms with Crippen molar-refractivity contribution in [1.29, 1.82) is 0 Å². The van der Waals surface area contributed by atoms with Gasteiger partial charge in [0.2, 0.25) is 11.8 Å². The molecule has 1 aliphatic heterocycles. The summed E-state index contributed by atoms with van der Waals surface area (Å²) in [6.07, 6.45) is 4.41. The molecule has 0 aromatic rings. The van der Waals surface area contributed by atoms with Crippen LogP contribution in [-0.2, 0) is 9.59 Å². The van der Waals surface area contributed by atoms with Crippen molar-refractivity contribution in [2.45, 2.75) is 64.5 Å². The Kier molecular flexibility index (Phi) is 4.91. The monoisotopic (exact) mass is 296 g/mol. The fourth-order valence-corrected chi connectivity index (χ4v) is 3.28. The van der Waals surface area contributed by atoms with Gasteiger partial charge < -0.3 is 15.3 Å². The zero-order chi connectivity index (χ0) is 15.6. The number of rotatable bonds is 7. The summed E-state index contributed by atoms with van der Waals surface area (Å²) in [7, 11) is 0. The number of aliphatic hydroxyl groups excluding tert-OH is 1. The van der Waals surface area contributed by atoms with Crippen molar-refractivity contribution < 1.29 is 14.7 Å². The molecule has 3 atom stereocenters. The van der Waals surface area contributed by atoms with Gasteiger partial charge >= 0.3 is 0 Å². The Balaban J connectivity index is 1.93. The lowest BCUT2D eigenvalue weighted by Gasteiger charge is -2.30. The van der Waals surface area contributed by atoms with Gasteiger partial charge in [0.1, 0.15) is 0 Å². The zero-order valence-corrected chi connectivity index (χ0v) is 13.4. The molecule has 5 nitrogen and oxygen atoms in total. The van der Waals surface area contributed by atoms with E-state index in [9.17, 15) is 14.7 Å². The maximum Gasteiger partial charge on any atom is 0.225 e. The molecule has 5 heteroatoms. The molecule has 1 heterocycles. The molecular formula is C16H28N2O3. The molecule has 2 rings (SSSR count). The lowest BCUT2D eigenvalue weighted by molar-refractivity contribution is -0.130. The average molecular weight is 296 g/mol. The summed E-state index contributed by atoms with van der Waals surface area (Å²) in [4.78, 5) is 26.3.